The van der Waals surface area contributed by atoms with E-state index in [4.69, 9.17) is 14.0 Å². The zero-order valence-electron chi connectivity index (χ0n) is 16.3. The third-order valence-electron chi connectivity index (χ3n) is 4.56. The van der Waals surface area contributed by atoms with Crippen LogP contribution in [0.4, 0.5) is 0 Å². The van der Waals surface area contributed by atoms with Gasteiger partial charge in [0.1, 0.15) is 6.61 Å². The summed E-state index contributed by atoms with van der Waals surface area (Å²) in [6, 6.07) is -0.0411. The molecule has 1 aliphatic carbocycles. The molecule has 1 aromatic rings. The predicted molar refractivity (Wildman–Crippen MR) is 96.5 cm³/mol. The van der Waals surface area contributed by atoms with Crippen molar-refractivity contribution in [2.24, 2.45) is 5.92 Å². The molecule has 1 aliphatic rings. The Bertz CT molecular complexity index is 606. The van der Waals surface area contributed by atoms with E-state index in [1.54, 1.807) is 7.11 Å². The van der Waals surface area contributed by atoms with E-state index in [9.17, 15) is 9.59 Å². The Kier molecular flexibility index (Phi) is 8.66. The van der Waals surface area contributed by atoms with Gasteiger partial charge in [-0.05, 0) is 25.7 Å². The van der Waals surface area contributed by atoms with Crippen molar-refractivity contribution < 1.29 is 23.6 Å². The summed E-state index contributed by atoms with van der Waals surface area (Å²) in [5.74, 6) is 0.575. The van der Waals surface area contributed by atoms with E-state index >= 15 is 0 Å². The number of hydrogen-bond donors (Lipinski definition) is 2. The Morgan fingerprint density at radius 3 is 2.81 bits per heavy atom. The number of aromatic nitrogens is 2. The maximum absolute atomic E-state index is 12.5. The Hall–Kier alpha value is -2.00. The van der Waals surface area contributed by atoms with Gasteiger partial charge in [0.2, 0.25) is 17.7 Å². The summed E-state index contributed by atoms with van der Waals surface area (Å²) < 4.78 is 15.9. The highest BCUT2D eigenvalue weighted by atomic mass is 16.5. The first kappa shape index (κ1) is 21.3. The fourth-order valence-electron chi connectivity index (χ4n) is 3.15. The summed E-state index contributed by atoms with van der Waals surface area (Å²) in [7, 11) is 1.55. The van der Waals surface area contributed by atoms with Gasteiger partial charge in [0.15, 0.2) is 5.82 Å². The van der Waals surface area contributed by atoms with Gasteiger partial charge in [0.05, 0.1) is 18.7 Å². The molecule has 1 saturated carbocycles. The smallest absolute Gasteiger partial charge is 0.246 e. The number of nitrogens with one attached hydrogen (secondary N) is 2. The second kappa shape index (κ2) is 11.0. The molecule has 0 radical (unpaired) electrons. The molecule has 9 nitrogen and oxygen atoms in total. The lowest BCUT2D eigenvalue weighted by atomic mass is 9.83. The SMILES string of the molecule is CCCO[C@@H]1C[C@@H](C(=O)NCc2nc(COC)no2)CC[C@H]1NC(=O)CC. The van der Waals surface area contributed by atoms with Crippen LogP contribution in [-0.2, 0) is 32.2 Å². The Balaban J connectivity index is 1.87. The molecule has 2 rings (SSSR count). The van der Waals surface area contributed by atoms with Gasteiger partial charge in [-0.3, -0.25) is 9.59 Å². The largest absolute Gasteiger partial charge is 0.377 e. The number of hydrogen-bond acceptors (Lipinski definition) is 7. The minimum absolute atomic E-state index is 0.0104. The first-order valence-electron chi connectivity index (χ1n) is 9.56. The molecule has 9 heteroatoms. The quantitative estimate of drug-likeness (QED) is 0.627. The van der Waals surface area contributed by atoms with Gasteiger partial charge in [-0.2, -0.15) is 4.98 Å². The summed E-state index contributed by atoms with van der Waals surface area (Å²) in [5, 5.41) is 9.63. The molecule has 1 fully saturated rings. The average Bonchev–Trinajstić information content (AvgIpc) is 3.13. The number of carbonyl (C=O) groups excluding carboxylic acids is 2. The molecule has 2 N–H and O–H groups in total. The molecular weight excluding hydrogens is 352 g/mol. The van der Waals surface area contributed by atoms with Gasteiger partial charge in [-0.15, -0.1) is 0 Å². The van der Waals surface area contributed by atoms with Crippen molar-refractivity contribution >= 4 is 11.8 Å². The van der Waals surface area contributed by atoms with E-state index in [-0.39, 0.29) is 43.0 Å². The van der Waals surface area contributed by atoms with Crippen LogP contribution in [0.25, 0.3) is 0 Å². The lowest BCUT2D eigenvalue weighted by Gasteiger charge is -2.35. The predicted octanol–water partition coefficient (Wildman–Crippen LogP) is 1.32. The van der Waals surface area contributed by atoms with Gasteiger partial charge in [0.25, 0.3) is 0 Å². The second-order valence-electron chi connectivity index (χ2n) is 6.70. The number of rotatable bonds is 10. The number of methoxy groups -OCH3 is 1. The van der Waals surface area contributed by atoms with E-state index in [1.807, 2.05) is 13.8 Å². The second-order valence-corrected chi connectivity index (χ2v) is 6.70. The molecule has 3 atom stereocenters. The van der Waals surface area contributed by atoms with E-state index in [2.05, 4.69) is 20.8 Å². The van der Waals surface area contributed by atoms with Crippen molar-refractivity contribution in [1.29, 1.82) is 0 Å². The summed E-state index contributed by atoms with van der Waals surface area (Å²) >= 11 is 0. The highest BCUT2D eigenvalue weighted by molar-refractivity contribution is 5.79. The fourth-order valence-corrected chi connectivity index (χ4v) is 3.15. The third-order valence-corrected chi connectivity index (χ3v) is 4.56. The van der Waals surface area contributed by atoms with Crippen molar-refractivity contribution in [2.45, 2.75) is 71.2 Å². The number of ether oxygens (including phenoxy) is 2. The summed E-state index contributed by atoms with van der Waals surface area (Å²) in [6.07, 6.45) is 3.18. The monoisotopic (exact) mass is 382 g/mol. The highest BCUT2D eigenvalue weighted by Crippen LogP contribution is 2.27. The van der Waals surface area contributed by atoms with Gasteiger partial charge in [-0.25, -0.2) is 0 Å². The van der Waals surface area contributed by atoms with Crippen LogP contribution < -0.4 is 10.6 Å². The molecule has 0 bridgehead atoms. The first-order chi connectivity index (χ1) is 13.1. The van der Waals surface area contributed by atoms with Crippen molar-refractivity contribution in [1.82, 2.24) is 20.8 Å². The zero-order chi connectivity index (χ0) is 19.6. The number of nitrogens with zero attached hydrogens (tertiary/aromatic N) is 2. The fraction of sp³-hybridized carbons (Fsp3) is 0.778. The van der Waals surface area contributed by atoms with Gasteiger partial charge < -0.3 is 24.6 Å². The van der Waals surface area contributed by atoms with Crippen LogP contribution in [-0.4, -0.2) is 47.8 Å². The Morgan fingerprint density at radius 2 is 2.11 bits per heavy atom. The molecule has 0 aliphatic heterocycles. The summed E-state index contributed by atoms with van der Waals surface area (Å²) in [6.45, 7) is 4.92. The van der Waals surface area contributed by atoms with E-state index < -0.39 is 0 Å². The molecule has 152 valence electrons. The van der Waals surface area contributed by atoms with Crippen molar-refractivity contribution in [2.75, 3.05) is 13.7 Å². The third kappa shape index (κ3) is 6.59. The van der Waals surface area contributed by atoms with Gasteiger partial charge >= 0.3 is 0 Å². The number of amides is 2. The lowest BCUT2D eigenvalue weighted by molar-refractivity contribution is -0.129. The standard InChI is InChI=1S/C18H30N4O5/c1-4-8-26-14-9-12(6-7-13(14)20-16(23)5-2)18(24)19-10-17-21-15(11-25-3)22-27-17/h12-14H,4-11H2,1-3H3,(H,19,24)(H,20,23)/t12-,13+,14+/m0/s1. The van der Waals surface area contributed by atoms with E-state index in [0.717, 1.165) is 12.8 Å². The van der Waals surface area contributed by atoms with Crippen molar-refractivity contribution in [3.05, 3.63) is 11.7 Å². The van der Waals surface area contributed by atoms with Gasteiger partial charge in [0, 0.05) is 26.1 Å². The molecule has 1 aromatic heterocycles. The van der Waals surface area contributed by atoms with E-state index in [1.165, 1.54) is 0 Å². The number of carbonyl (C=O) groups is 2. The normalized spacial score (nSPS) is 22.4. The molecule has 0 unspecified atom stereocenters. The van der Waals surface area contributed by atoms with Crippen LogP contribution in [0.15, 0.2) is 4.52 Å². The van der Waals surface area contributed by atoms with Crippen LogP contribution in [0.1, 0.15) is 57.7 Å². The lowest BCUT2D eigenvalue weighted by Crippen LogP contribution is -2.50. The van der Waals surface area contributed by atoms with Crippen LogP contribution in [0.3, 0.4) is 0 Å². The summed E-state index contributed by atoms with van der Waals surface area (Å²) in [4.78, 5) is 28.4. The minimum Gasteiger partial charge on any atom is -0.377 e. The topological polar surface area (TPSA) is 116 Å². The van der Waals surface area contributed by atoms with Crippen LogP contribution in [0, 0.1) is 5.92 Å². The molecule has 27 heavy (non-hydrogen) atoms. The van der Waals surface area contributed by atoms with Crippen molar-refractivity contribution in [3.8, 4) is 0 Å². The molecular formula is C18H30N4O5. The van der Waals surface area contributed by atoms with Crippen LogP contribution in [0.5, 0.6) is 0 Å². The average molecular weight is 382 g/mol. The molecule has 0 aromatic carbocycles. The minimum atomic E-state index is -0.164. The Labute approximate surface area is 159 Å². The molecule has 2 amide bonds. The zero-order valence-corrected chi connectivity index (χ0v) is 16.3. The Morgan fingerprint density at radius 1 is 1.30 bits per heavy atom. The first-order valence-corrected chi connectivity index (χ1v) is 9.56. The van der Waals surface area contributed by atoms with E-state index in [0.29, 0.717) is 37.6 Å². The highest BCUT2D eigenvalue weighted by Gasteiger charge is 2.35. The molecule has 0 saturated heterocycles. The van der Waals surface area contributed by atoms with Crippen LogP contribution >= 0.6 is 0 Å². The molecule has 1 heterocycles. The summed E-state index contributed by atoms with van der Waals surface area (Å²) in [5.41, 5.74) is 0. The molecule has 0 spiro atoms. The maximum Gasteiger partial charge on any atom is 0.246 e. The van der Waals surface area contributed by atoms with Crippen LogP contribution in [0.2, 0.25) is 0 Å². The van der Waals surface area contributed by atoms with Crippen molar-refractivity contribution in [3.63, 3.8) is 0 Å². The maximum atomic E-state index is 12.5. The van der Waals surface area contributed by atoms with Gasteiger partial charge in [-0.1, -0.05) is 19.0 Å².